The van der Waals surface area contributed by atoms with Gasteiger partial charge in [-0.1, -0.05) is 66.5 Å². The van der Waals surface area contributed by atoms with E-state index >= 15 is 0 Å². The lowest BCUT2D eigenvalue weighted by Gasteiger charge is -2.13. The average molecular weight is 308 g/mol. The van der Waals surface area contributed by atoms with E-state index < -0.39 is 0 Å². The summed E-state index contributed by atoms with van der Waals surface area (Å²) in [6.45, 7) is 2.02. The SMILES string of the molecule is C[C@H](CC(=O)Nc1cccc(Cl)c1Cl)c1ccccc1. The Balaban J connectivity index is 2.01. The van der Waals surface area contributed by atoms with Gasteiger partial charge >= 0.3 is 0 Å². The zero-order chi connectivity index (χ0) is 14.5. The highest BCUT2D eigenvalue weighted by Crippen LogP contribution is 2.30. The van der Waals surface area contributed by atoms with Crippen LogP contribution in [0.15, 0.2) is 48.5 Å². The Morgan fingerprint density at radius 1 is 1.10 bits per heavy atom. The highest BCUT2D eigenvalue weighted by Gasteiger charge is 2.13. The molecule has 0 aliphatic carbocycles. The van der Waals surface area contributed by atoms with Crippen molar-refractivity contribution in [1.29, 1.82) is 0 Å². The maximum absolute atomic E-state index is 12.0. The van der Waals surface area contributed by atoms with Crippen LogP contribution in [-0.2, 0) is 4.79 Å². The minimum atomic E-state index is -0.0782. The molecule has 0 radical (unpaired) electrons. The monoisotopic (exact) mass is 307 g/mol. The number of rotatable bonds is 4. The summed E-state index contributed by atoms with van der Waals surface area (Å²) in [7, 11) is 0. The van der Waals surface area contributed by atoms with Gasteiger partial charge in [0.05, 0.1) is 15.7 Å². The number of carbonyl (C=O) groups is 1. The summed E-state index contributed by atoms with van der Waals surface area (Å²) in [6.07, 6.45) is 0.396. The number of nitrogens with one attached hydrogen (secondary N) is 1. The van der Waals surface area contributed by atoms with Crippen molar-refractivity contribution in [3.8, 4) is 0 Å². The van der Waals surface area contributed by atoms with Crippen LogP contribution in [0.2, 0.25) is 10.0 Å². The number of halogens is 2. The van der Waals surface area contributed by atoms with Crippen molar-refractivity contribution in [3.63, 3.8) is 0 Å². The molecule has 1 atom stereocenters. The minimum Gasteiger partial charge on any atom is -0.325 e. The van der Waals surface area contributed by atoms with Gasteiger partial charge in [-0.15, -0.1) is 0 Å². The molecule has 4 heteroatoms. The van der Waals surface area contributed by atoms with Gasteiger partial charge in [-0.25, -0.2) is 0 Å². The molecule has 2 aromatic carbocycles. The first-order chi connectivity index (χ1) is 9.58. The third-order valence-corrected chi connectivity index (χ3v) is 3.90. The number of carbonyl (C=O) groups excluding carboxylic acids is 1. The lowest BCUT2D eigenvalue weighted by atomic mass is 9.97. The molecule has 0 heterocycles. The molecule has 0 aliphatic heterocycles. The molecule has 0 aromatic heterocycles. The number of hydrogen-bond donors (Lipinski definition) is 1. The minimum absolute atomic E-state index is 0.0782. The van der Waals surface area contributed by atoms with Crippen molar-refractivity contribution in [2.24, 2.45) is 0 Å². The summed E-state index contributed by atoms with van der Waals surface area (Å²) in [4.78, 5) is 12.0. The summed E-state index contributed by atoms with van der Waals surface area (Å²) in [5, 5.41) is 3.60. The van der Waals surface area contributed by atoms with E-state index in [2.05, 4.69) is 5.32 Å². The first-order valence-electron chi connectivity index (χ1n) is 6.36. The average Bonchev–Trinajstić information content (AvgIpc) is 2.45. The van der Waals surface area contributed by atoms with E-state index in [0.717, 1.165) is 5.56 Å². The molecular weight excluding hydrogens is 293 g/mol. The van der Waals surface area contributed by atoms with E-state index in [-0.39, 0.29) is 11.8 Å². The van der Waals surface area contributed by atoms with E-state index in [1.165, 1.54) is 0 Å². The summed E-state index contributed by atoms with van der Waals surface area (Å²) >= 11 is 12.0. The van der Waals surface area contributed by atoms with Crippen molar-refractivity contribution < 1.29 is 4.79 Å². The van der Waals surface area contributed by atoms with Crippen molar-refractivity contribution in [1.82, 2.24) is 0 Å². The largest absolute Gasteiger partial charge is 0.325 e. The van der Waals surface area contributed by atoms with Crippen molar-refractivity contribution in [3.05, 3.63) is 64.1 Å². The molecule has 0 fully saturated rings. The molecule has 0 saturated heterocycles. The van der Waals surface area contributed by atoms with Gasteiger partial charge in [0.25, 0.3) is 0 Å². The van der Waals surface area contributed by atoms with Crippen LogP contribution in [0.5, 0.6) is 0 Å². The van der Waals surface area contributed by atoms with E-state index in [1.807, 2.05) is 37.3 Å². The highest BCUT2D eigenvalue weighted by molar-refractivity contribution is 6.43. The van der Waals surface area contributed by atoms with Gasteiger partial charge in [0.2, 0.25) is 5.91 Å². The van der Waals surface area contributed by atoms with Gasteiger partial charge in [-0.3, -0.25) is 4.79 Å². The summed E-state index contributed by atoms with van der Waals surface area (Å²) in [5.41, 5.74) is 1.68. The third-order valence-electron chi connectivity index (χ3n) is 3.09. The lowest BCUT2D eigenvalue weighted by molar-refractivity contribution is -0.116. The quantitative estimate of drug-likeness (QED) is 0.834. The number of hydrogen-bond acceptors (Lipinski definition) is 1. The maximum Gasteiger partial charge on any atom is 0.225 e. The van der Waals surface area contributed by atoms with Gasteiger partial charge < -0.3 is 5.32 Å². The molecule has 104 valence electrons. The number of benzene rings is 2. The van der Waals surface area contributed by atoms with Gasteiger partial charge in [0.15, 0.2) is 0 Å². The van der Waals surface area contributed by atoms with Crippen LogP contribution in [-0.4, -0.2) is 5.91 Å². The zero-order valence-electron chi connectivity index (χ0n) is 11.1. The normalized spacial score (nSPS) is 11.9. The maximum atomic E-state index is 12.0. The molecule has 0 spiro atoms. The highest BCUT2D eigenvalue weighted by atomic mass is 35.5. The second-order valence-electron chi connectivity index (χ2n) is 4.67. The van der Waals surface area contributed by atoms with Crippen molar-refractivity contribution in [2.75, 3.05) is 5.32 Å². The standard InChI is InChI=1S/C16H15Cl2NO/c1-11(12-6-3-2-4-7-12)10-15(20)19-14-9-5-8-13(17)16(14)18/h2-9,11H,10H2,1H3,(H,19,20)/t11-/m1/s1. The Kier molecular flexibility index (Phi) is 5.05. The van der Waals surface area contributed by atoms with Gasteiger partial charge in [-0.05, 0) is 23.6 Å². The fourth-order valence-electron chi connectivity index (χ4n) is 1.98. The van der Waals surface area contributed by atoms with Crippen LogP contribution in [0.4, 0.5) is 5.69 Å². The molecule has 20 heavy (non-hydrogen) atoms. The van der Waals surface area contributed by atoms with E-state index in [4.69, 9.17) is 23.2 Å². The fourth-order valence-corrected chi connectivity index (χ4v) is 2.33. The van der Waals surface area contributed by atoms with E-state index in [0.29, 0.717) is 22.2 Å². The van der Waals surface area contributed by atoms with Crippen LogP contribution in [0.1, 0.15) is 24.8 Å². The molecule has 0 saturated carbocycles. The molecule has 0 bridgehead atoms. The Morgan fingerprint density at radius 3 is 2.50 bits per heavy atom. The Morgan fingerprint density at radius 2 is 1.80 bits per heavy atom. The molecule has 2 aromatic rings. The predicted octanol–water partition coefficient (Wildman–Crippen LogP) is 5.13. The second kappa shape index (κ2) is 6.78. The van der Waals surface area contributed by atoms with Gasteiger partial charge in [0, 0.05) is 6.42 Å². The first kappa shape index (κ1) is 14.9. The Labute approximate surface area is 128 Å². The summed E-state index contributed by atoms with van der Waals surface area (Å²) < 4.78 is 0. The molecule has 1 N–H and O–H groups in total. The molecule has 2 nitrogen and oxygen atoms in total. The fraction of sp³-hybridized carbons (Fsp3) is 0.188. The van der Waals surface area contributed by atoms with E-state index in [9.17, 15) is 4.79 Å². The van der Waals surface area contributed by atoms with E-state index in [1.54, 1.807) is 18.2 Å². The second-order valence-corrected chi connectivity index (χ2v) is 5.45. The lowest BCUT2D eigenvalue weighted by Crippen LogP contribution is -2.14. The third kappa shape index (κ3) is 3.75. The Hall–Kier alpha value is -1.51. The Bertz CT molecular complexity index is 599. The van der Waals surface area contributed by atoms with Gasteiger partial charge in [-0.2, -0.15) is 0 Å². The molecular formula is C16H15Cl2NO. The van der Waals surface area contributed by atoms with Crippen LogP contribution in [0, 0.1) is 0 Å². The van der Waals surface area contributed by atoms with Crippen molar-refractivity contribution in [2.45, 2.75) is 19.3 Å². The van der Waals surface area contributed by atoms with Crippen LogP contribution in [0.3, 0.4) is 0 Å². The predicted molar refractivity (Wildman–Crippen MR) is 84.6 cm³/mol. The summed E-state index contributed by atoms with van der Waals surface area (Å²) in [6, 6.07) is 15.1. The number of amides is 1. The smallest absolute Gasteiger partial charge is 0.225 e. The summed E-state index contributed by atoms with van der Waals surface area (Å²) in [5.74, 6) is 0.0691. The van der Waals surface area contributed by atoms with Crippen LogP contribution < -0.4 is 5.32 Å². The molecule has 0 unspecified atom stereocenters. The number of anilines is 1. The topological polar surface area (TPSA) is 29.1 Å². The van der Waals surface area contributed by atoms with Gasteiger partial charge in [0.1, 0.15) is 0 Å². The van der Waals surface area contributed by atoms with Crippen LogP contribution in [0.25, 0.3) is 0 Å². The molecule has 0 aliphatic rings. The van der Waals surface area contributed by atoms with Crippen molar-refractivity contribution >= 4 is 34.8 Å². The van der Waals surface area contributed by atoms with Crippen LogP contribution >= 0.6 is 23.2 Å². The zero-order valence-corrected chi connectivity index (χ0v) is 12.6. The molecule has 2 rings (SSSR count). The first-order valence-corrected chi connectivity index (χ1v) is 7.12. The molecule has 1 amide bonds.